The van der Waals surface area contributed by atoms with Gasteiger partial charge >= 0.3 is 0 Å². The second-order valence-corrected chi connectivity index (χ2v) is 5.32. The first-order valence-corrected chi connectivity index (χ1v) is 7.68. The minimum Gasteiger partial charge on any atom is -0.484 e. The Balaban J connectivity index is 1.51. The van der Waals surface area contributed by atoms with Gasteiger partial charge in [0.05, 0.1) is 17.8 Å². The summed E-state index contributed by atoms with van der Waals surface area (Å²) in [6.07, 6.45) is 1.51. The van der Waals surface area contributed by atoms with Gasteiger partial charge in [0.2, 0.25) is 0 Å². The largest absolute Gasteiger partial charge is 0.484 e. The molecule has 0 saturated heterocycles. The van der Waals surface area contributed by atoms with E-state index >= 15 is 0 Å². The number of nitrogens with one attached hydrogen (secondary N) is 1. The molecule has 0 aliphatic heterocycles. The number of nitriles is 1. The Morgan fingerprint density at radius 3 is 2.60 bits per heavy atom. The Morgan fingerprint density at radius 1 is 1.08 bits per heavy atom. The lowest BCUT2D eigenvalue weighted by Crippen LogP contribution is -2.24. The van der Waals surface area contributed by atoms with Gasteiger partial charge in [-0.1, -0.05) is 42.5 Å². The van der Waals surface area contributed by atoms with Crippen LogP contribution in [0.2, 0.25) is 0 Å². The molecule has 3 rings (SSSR count). The maximum Gasteiger partial charge on any atom is 0.277 e. The van der Waals surface area contributed by atoms with Gasteiger partial charge in [0.1, 0.15) is 5.75 Å². The lowest BCUT2D eigenvalue weighted by Gasteiger charge is -2.06. The van der Waals surface area contributed by atoms with E-state index in [0.29, 0.717) is 11.3 Å². The van der Waals surface area contributed by atoms with Gasteiger partial charge in [-0.15, -0.1) is 0 Å². The van der Waals surface area contributed by atoms with E-state index in [0.717, 1.165) is 16.3 Å². The summed E-state index contributed by atoms with van der Waals surface area (Å²) in [6, 6.07) is 22.5. The fourth-order valence-corrected chi connectivity index (χ4v) is 2.26. The zero-order valence-corrected chi connectivity index (χ0v) is 13.3. The Kier molecular flexibility index (Phi) is 5.03. The number of carbonyl (C=O) groups excluding carboxylic acids is 1. The molecule has 1 amide bonds. The zero-order valence-electron chi connectivity index (χ0n) is 13.3. The molecule has 0 atom stereocenters. The van der Waals surface area contributed by atoms with Gasteiger partial charge in [0.15, 0.2) is 6.61 Å². The van der Waals surface area contributed by atoms with Crippen molar-refractivity contribution in [3.8, 4) is 11.8 Å². The Morgan fingerprint density at radius 2 is 1.84 bits per heavy atom. The summed E-state index contributed by atoms with van der Waals surface area (Å²) >= 11 is 0. The van der Waals surface area contributed by atoms with E-state index in [1.807, 2.05) is 48.5 Å². The van der Waals surface area contributed by atoms with Crippen molar-refractivity contribution in [2.75, 3.05) is 6.61 Å². The Labute approximate surface area is 145 Å². The molecule has 3 aromatic rings. The van der Waals surface area contributed by atoms with Crippen molar-refractivity contribution < 1.29 is 9.53 Å². The lowest BCUT2D eigenvalue weighted by atomic mass is 10.1. The second kappa shape index (κ2) is 7.75. The van der Waals surface area contributed by atoms with Gasteiger partial charge in [-0.2, -0.15) is 10.4 Å². The van der Waals surface area contributed by atoms with Crippen LogP contribution in [-0.2, 0) is 4.79 Å². The molecule has 0 aromatic heterocycles. The Bertz CT molecular complexity index is 957. The maximum atomic E-state index is 11.8. The summed E-state index contributed by atoms with van der Waals surface area (Å²) in [4.78, 5) is 11.8. The number of hydrogen-bond donors (Lipinski definition) is 1. The van der Waals surface area contributed by atoms with Crippen LogP contribution in [0.4, 0.5) is 0 Å². The molecular weight excluding hydrogens is 314 g/mol. The first kappa shape index (κ1) is 16.2. The van der Waals surface area contributed by atoms with Crippen LogP contribution in [0.25, 0.3) is 10.8 Å². The molecule has 0 fully saturated rings. The Hall–Kier alpha value is -3.65. The molecule has 1 N–H and O–H groups in total. The van der Waals surface area contributed by atoms with E-state index in [2.05, 4.69) is 10.5 Å². The molecule has 25 heavy (non-hydrogen) atoms. The van der Waals surface area contributed by atoms with Gasteiger partial charge in [-0.05, 0) is 40.6 Å². The second-order valence-electron chi connectivity index (χ2n) is 5.32. The van der Waals surface area contributed by atoms with Crippen molar-refractivity contribution in [2.24, 2.45) is 5.10 Å². The zero-order chi connectivity index (χ0) is 17.5. The van der Waals surface area contributed by atoms with Crippen molar-refractivity contribution >= 4 is 22.9 Å². The first-order valence-electron chi connectivity index (χ1n) is 7.68. The third kappa shape index (κ3) is 4.43. The number of hydrazone groups is 1. The summed E-state index contributed by atoms with van der Waals surface area (Å²) in [5.74, 6) is 0.281. The van der Waals surface area contributed by atoms with Crippen LogP contribution >= 0.6 is 0 Å². The van der Waals surface area contributed by atoms with Crippen LogP contribution in [0.5, 0.6) is 5.75 Å². The number of benzene rings is 3. The van der Waals surface area contributed by atoms with Crippen LogP contribution in [0, 0.1) is 11.3 Å². The summed E-state index contributed by atoms with van der Waals surface area (Å²) in [5, 5.41) is 14.8. The quantitative estimate of drug-likeness (QED) is 0.577. The average Bonchev–Trinajstić information content (AvgIpc) is 2.67. The van der Waals surface area contributed by atoms with Crippen molar-refractivity contribution in [2.45, 2.75) is 0 Å². The normalized spacial score (nSPS) is 10.5. The number of amides is 1. The highest BCUT2D eigenvalue weighted by atomic mass is 16.5. The van der Waals surface area contributed by atoms with Crippen molar-refractivity contribution in [3.05, 3.63) is 77.9 Å². The first-order chi connectivity index (χ1) is 12.2. The SMILES string of the molecule is N#Cc1ccc(/C=N\NC(=O)COc2ccc3ccccc3c2)cc1. The fraction of sp³-hybridized carbons (Fsp3) is 0.0500. The lowest BCUT2D eigenvalue weighted by molar-refractivity contribution is -0.123. The predicted octanol–water partition coefficient (Wildman–Crippen LogP) is 3.24. The van der Waals surface area contributed by atoms with Crippen LogP contribution in [-0.4, -0.2) is 18.7 Å². The van der Waals surface area contributed by atoms with Gasteiger partial charge in [-0.3, -0.25) is 4.79 Å². The highest BCUT2D eigenvalue weighted by Gasteiger charge is 2.02. The number of nitrogens with zero attached hydrogens (tertiary/aromatic N) is 2. The third-order valence-corrected chi connectivity index (χ3v) is 3.53. The molecule has 3 aromatic carbocycles. The molecule has 0 heterocycles. The summed E-state index contributed by atoms with van der Waals surface area (Å²) in [5.41, 5.74) is 3.77. The van der Waals surface area contributed by atoms with Gasteiger partial charge in [-0.25, -0.2) is 5.43 Å². The highest BCUT2D eigenvalue weighted by Crippen LogP contribution is 2.20. The van der Waals surface area contributed by atoms with Crippen LogP contribution in [0.1, 0.15) is 11.1 Å². The topological polar surface area (TPSA) is 74.5 Å². The number of ether oxygens (including phenoxy) is 1. The average molecular weight is 329 g/mol. The van der Waals surface area contributed by atoms with Crippen molar-refractivity contribution in [1.29, 1.82) is 5.26 Å². The van der Waals surface area contributed by atoms with Crippen LogP contribution in [0.15, 0.2) is 71.8 Å². The molecule has 122 valence electrons. The number of carbonyl (C=O) groups is 1. The van der Waals surface area contributed by atoms with E-state index in [1.54, 1.807) is 24.3 Å². The molecule has 0 unspecified atom stereocenters. The monoisotopic (exact) mass is 329 g/mol. The van der Waals surface area contributed by atoms with Crippen molar-refractivity contribution in [3.63, 3.8) is 0 Å². The highest BCUT2D eigenvalue weighted by molar-refractivity contribution is 5.84. The maximum absolute atomic E-state index is 11.8. The van der Waals surface area contributed by atoms with Crippen molar-refractivity contribution in [1.82, 2.24) is 5.43 Å². The van der Waals surface area contributed by atoms with E-state index in [9.17, 15) is 4.79 Å². The van der Waals surface area contributed by atoms with E-state index in [-0.39, 0.29) is 12.5 Å². The smallest absolute Gasteiger partial charge is 0.277 e. The fourth-order valence-electron chi connectivity index (χ4n) is 2.26. The van der Waals surface area contributed by atoms with E-state index in [4.69, 9.17) is 10.00 Å². The van der Waals surface area contributed by atoms with E-state index in [1.165, 1.54) is 6.21 Å². The van der Waals surface area contributed by atoms with Gasteiger partial charge < -0.3 is 4.74 Å². The molecule has 0 spiro atoms. The summed E-state index contributed by atoms with van der Waals surface area (Å²) in [6.45, 7) is -0.122. The number of fused-ring (bicyclic) bond motifs is 1. The van der Waals surface area contributed by atoms with Gasteiger partial charge in [0, 0.05) is 0 Å². The minimum absolute atomic E-state index is 0.122. The molecule has 0 saturated carbocycles. The third-order valence-electron chi connectivity index (χ3n) is 3.53. The molecular formula is C20H15N3O2. The molecule has 5 heteroatoms. The summed E-state index contributed by atoms with van der Waals surface area (Å²) in [7, 11) is 0. The number of rotatable bonds is 5. The van der Waals surface area contributed by atoms with Crippen LogP contribution in [0.3, 0.4) is 0 Å². The number of hydrogen-bond acceptors (Lipinski definition) is 4. The molecule has 0 aliphatic carbocycles. The molecule has 0 radical (unpaired) electrons. The van der Waals surface area contributed by atoms with Gasteiger partial charge in [0.25, 0.3) is 5.91 Å². The standard InChI is InChI=1S/C20H15N3O2/c21-12-15-5-7-16(8-6-15)13-22-23-20(24)14-25-19-10-9-17-3-1-2-4-18(17)11-19/h1-11,13H,14H2,(H,23,24)/b22-13-. The van der Waals surface area contributed by atoms with E-state index < -0.39 is 0 Å². The molecule has 0 bridgehead atoms. The minimum atomic E-state index is -0.349. The molecule has 5 nitrogen and oxygen atoms in total. The molecule has 0 aliphatic rings. The predicted molar refractivity (Wildman–Crippen MR) is 96.3 cm³/mol. The summed E-state index contributed by atoms with van der Waals surface area (Å²) < 4.78 is 5.49. The van der Waals surface area contributed by atoms with Crippen LogP contribution < -0.4 is 10.2 Å².